The number of hydrogen-bond acceptors (Lipinski definition) is 5. The van der Waals surface area contributed by atoms with Crippen molar-refractivity contribution >= 4 is 22.8 Å². The van der Waals surface area contributed by atoms with Gasteiger partial charge in [-0.1, -0.05) is 26.0 Å². The van der Waals surface area contributed by atoms with Gasteiger partial charge < -0.3 is 19.7 Å². The number of fused-ring (bicyclic) bond motifs is 4. The van der Waals surface area contributed by atoms with Crippen molar-refractivity contribution in [3.63, 3.8) is 0 Å². The molecule has 8 heteroatoms. The number of amides is 3. The number of phenolic OH excluding ortho intramolecular Hbond substituents is 1. The number of aromatic hydroxyl groups is 1. The molecule has 3 aromatic rings. The molecule has 35 heavy (non-hydrogen) atoms. The van der Waals surface area contributed by atoms with Gasteiger partial charge in [0.2, 0.25) is 0 Å². The zero-order valence-corrected chi connectivity index (χ0v) is 20.7. The second kappa shape index (κ2) is 8.61. The minimum absolute atomic E-state index is 0.116. The number of hydrogen-bond donors (Lipinski definition) is 2. The van der Waals surface area contributed by atoms with Crippen molar-refractivity contribution in [1.29, 1.82) is 0 Å². The molecule has 0 saturated carbocycles. The molecule has 0 radical (unpaired) electrons. The van der Waals surface area contributed by atoms with Crippen LogP contribution in [-0.4, -0.2) is 75.6 Å². The normalized spacial score (nSPS) is 21.7. The Morgan fingerprint density at radius 1 is 1.17 bits per heavy atom. The van der Waals surface area contributed by atoms with Gasteiger partial charge in [-0.2, -0.15) is 0 Å². The van der Waals surface area contributed by atoms with E-state index in [-0.39, 0.29) is 17.7 Å². The van der Waals surface area contributed by atoms with Crippen molar-refractivity contribution in [2.75, 3.05) is 33.3 Å². The molecule has 2 atom stereocenters. The monoisotopic (exact) mass is 476 g/mol. The van der Waals surface area contributed by atoms with Crippen LogP contribution < -0.4 is 4.74 Å². The van der Waals surface area contributed by atoms with E-state index in [2.05, 4.69) is 23.7 Å². The first kappa shape index (κ1) is 23.2. The summed E-state index contributed by atoms with van der Waals surface area (Å²) in [5.74, 6) is 0.670. The van der Waals surface area contributed by atoms with Crippen molar-refractivity contribution in [1.82, 2.24) is 19.7 Å². The summed E-state index contributed by atoms with van der Waals surface area (Å²) in [5.41, 5.74) is 2.49. The molecule has 3 heterocycles. The highest BCUT2D eigenvalue weighted by Crippen LogP contribution is 2.49. The van der Waals surface area contributed by atoms with Crippen LogP contribution in [0.4, 0.5) is 4.79 Å². The van der Waals surface area contributed by atoms with Gasteiger partial charge in [0.1, 0.15) is 23.1 Å². The molecule has 8 nitrogen and oxygen atoms in total. The Bertz CT molecular complexity index is 1300. The summed E-state index contributed by atoms with van der Waals surface area (Å²) >= 11 is 0. The highest BCUT2D eigenvalue weighted by Gasteiger charge is 2.60. The molecule has 1 saturated heterocycles. The minimum Gasteiger partial charge on any atom is -0.508 e. The van der Waals surface area contributed by atoms with Crippen molar-refractivity contribution in [2.45, 2.75) is 38.8 Å². The maximum atomic E-state index is 13.9. The number of methoxy groups -OCH3 is 1. The molecule has 2 aliphatic heterocycles. The van der Waals surface area contributed by atoms with Crippen molar-refractivity contribution in [3.8, 4) is 11.5 Å². The van der Waals surface area contributed by atoms with Crippen LogP contribution in [0.3, 0.4) is 0 Å². The Hall–Kier alpha value is -3.52. The number of imide groups is 1. The van der Waals surface area contributed by atoms with E-state index in [1.165, 1.54) is 4.90 Å². The predicted octanol–water partition coefficient (Wildman–Crippen LogP) is 3.89. The van der Waals surface area contributed by atoms with E-state index in [1.807, 2.05) is 31.2 Å². The maximum absolute atomic E-state index is 13.9. The molecule has 1 aromatic heterocycles. The molecule has 1 fully saturated rings. The Labute approximate surface area is 205 Å². The van der Waals surface area contributed by atoms with Crippen LogP contribution in [0.5, 0.6) is 11.5 Å². The fraction of sp³-hybridized carbons (Fsp3) is 0.407. The summed E-state index contributed by atoms with van der Waals surface area (Å²) in [6.45, 7) is 8.71. The topological polar surface area (TPSA) is 89.1 Å². The van der Waals surface area contributed by atoms with Gasteiger partial charge in [0, 0.05) is 36.1 Å². The highest BCUT2D eigenvalue weighted by atomic mass is 16.5. The number of carbonyl (C=O) groups excluding carboxylic acids is 2. The van der Waals surface area contributed by atoms with Crippen LogP contribution in [0.25, 0.3) is 10.9 Å². The molecule has 3 amide bonds. The molecule has 2 aliphatic rings. The number of benzene rings is 2. The summed E-state index contributed by atoms with van der Waals surface area (Å²) in [4.78, 5) is 36.5. The van der Waals surface area contributed by atoms with Crippen LogP contribution in [0.1, 0.15) is 43.6 Å². The van der Waals surface area contributed by atoms with Gasteiger partial charge in [-0.25, -0.2) is 4.79 Å². The van der Waals surface area contributed by atoms with E-state index in [9.17, 15) is 14.7 Å². The Morgan fingerprint density at radius 2 is 1.94 bits per heavy atom. The van der Waals surface area contributed by atoms with Crippen molar-refractivity contribution in [3.05, 3.63) is 59.3 Å². The van der Waals surface area contributed by atoms with Gasteiger partial charge in [0.15, 0.2) is 0 Å². The molecular formula is C27H32N4O4. The smallest absolute Gasteiger partial charge is 0.328 e. The van der Waals surface area contributed by atoms with E-state index in [0.29, 0.717) is 19.5 Å². The lowest BCUT2D eigenvalue weighted by molar-refractivity contribution is -0.133. The standard InChI is InChI=1S/C27H32N4O4/c1-5-29(6-2)12-13-30-25(33)27(3)16-21-20-15-19(35-4)10-11-22(20)28-23(21)24(31(27)26(30)34)17-8-7-9-18(32)14-17/h7-11,14-15,24,28,32H,5-6,12-13,16H2,1-4H3. The third-order valence-electron chi connectivity index (χ3n) is 7.59. The zero-order chi connectivity index (χ0) is 24.9. The third kappa shape index (κ3) is 3.55. The van der Waals surface area contributed by atoms with Crippen LogP contribution in [-0.2, 0) is 11.2 Å². The first-order chi connectivity index (χ1) is 16.8. The number of nitrogens with one attached hydrogen (secondary N) is 1. The first-order valence-corrected chi connectivity index (χ1v) is 12.2. The van der Waals surface area contributed by atoms with E-state index >= 15 is 0 Å². The third-order valence-corrected chi connectivity index (χ3v) is 7.59. The molecule has 2 unspecified atom stereocenters. The number of carbonyl (C=O) groups is 2. The van der Waals surface area contributed by atoms with E-state index < -0.39 is 11.6 Å². The first-order valence-electron chi connectivity index (χ1n) is 12.2. The van der Waals surface area contributed by atoms with Gasteiger partial charge in [0.25, 0.3) is 5.91 Å². The fourth-order valence-corrected chi connectivity index (χ4v) is 5.64. The largest absolute Gasteiger partial charge is 0.508 e. The number of urea groups is 1. The van der Waals surface area contributed by atoms with Gasteiger partial charge in [-0.15, -0.1) is 0 Å². The van der Waals surface area contributed by atoms with E-state index in [4.69, 9.17) is 4.74 Å². The predicted molar refractivity (Wildman–Crippen MR) is 134 cm³/mol. The molecule has 2 aromatic carbocycles. The second-order valence-electron chi connectivity index (χ2n) is 9.51. The lowest BCUT2D eigenvalue weighted by Gasteiger charge is -2.42. The number of ether oxygens (including phenoxy) is 1. The summed E-state index contributed by atoms with van der Waals surface area (Å²) < 4.78 is 5.46. The zero-order valence-electron chi connectivity index (χ0n) is 20.7. The molecule has 0 bridgehead atoms. The average Bonchev–Trinajstić information content (AvgIpc) is 3.30. The number of phenols is 1. The SMILES string of the molecule is CCN(CC)CCN1C(=O)N2C(c3cccc(O)c3)c3[nH]c4ccc(OC)cc4c3CC2(C)C1=O. The fourth-order valence-electron chi connectivity index (χ4n) is 5.64. The Kier molecular flexibility index (Phi) is 5.71. The molecule has 0 aliphatic carbocycles. The average molecular weight is 477 g/mol. The summed E-state index contributed by atoms with van der Waals surface area (Å²) in [6, 6.07) is 11.9. The second-order valence-corrected chi connectivity index (χ2v) is 9.51. The number of H-pyrrole nitrogens is 1. The summed E-state index contributed by atoms with van der Waals surface area (Å²) in [6.07, 6.45) is 0.400. The lowest BCUT2D eigenvalue weighted by atomic mass is 9.81. The molecular weight excluding hydrogens is 444 g/mol. The van der Waals surface area contributed by atoms with Crippen LogP contribution >= 0.6 is 0 Å². The van der Waals surface area contributed by atoms with Crippen molar-refractivity contribution < 1.29 is 19.4 Å². The van der Waals surface area contributed by atoms with E-state index in [0.717, 1.165) is 46.6 Å². The van der Waals surface area contributed by atoms with Gasteiger partial charge in [-0.05, 0) is 61.5 Å². The molecule has 0 spiro atoms. The highest BCUT2D eigenvalue weighted by molar-refractivity contribution is 6.08. The van der Waals surface area contributed by atoms with Crippen LogP contribution in [0.15, 0.2) is 42.5 Å². The van der Waals surface area contributed by atoms with Crippen molar-refractivity contribution in [2.24, 2.45) is 0 Å². The van der Waals surface area contributed by atoms with Crippen LogP contribution in [0, 0.1) is 0 Å². The summed E-state index contributed by atoms with van der Waals surface area (Å²) in [7, 11) is 1.63. The van der Waals surface area contributed by atoms with Gasteiger partial charge in [-0.3, -0.25) is 14.6 Å². The number of likely N-dealkylation sites (N-methyl/N-ethyl adjacent to an activating group) is 1. The quantitative estimate of drug-likeness (QED) is 0.505. The van der Waals surface area contributed by atoms with E-state index in [1.54, 1.807) is 30.2 Å². The number of aromatic amines is 1. The summed E-state index contributed by atoms with van der Waals surface area (Å²) in [5, 5.41) is 11.2. The minimum atomic E-state index is -1.04. The molecule has 184 valence electrons. The number of aromatic nitrogens is 1. The number of nitrogens with zero attached hydrogens (tertiary/aromatic N) is 3. The number of rotatable bonds is 7. The lowest BCUT2D eigenvalue weighted by Crippen LogP contribution is -2.53. The maximum Gasteiger partial charge on any atom is 0.328 e. The van der Waals surface area contributed by atoms with Crippen LogP contribution in [0.2, 0.25) is 0 Å². The van der Waals surface area contributed by atoms with Gasteiger partial charge in [0.05, 0.1) is 7.11 Å². The molecule has 5 rings (SSSR count). The molecule has 2 N–H and O–H groups in total. The Morgan fingerprint density at radius 3 is 2.63 bits per heavy atom. The van der Waals surface area contributed by atoms with Gasteiger partial charge >= 0.3 is 6.03 Å². The Balaban J connectivity index is 1.65.